The normalized spacial score (nSPS) is 26.8. The van der Waals surface area contributed by atoms with Crippen molar-refractivity contribution in [2.75, 3.05) is 32.7 Å². The summed E-state index contributed by atoms with van der Waals surface area (Å²) in [7, 11) is 0. The van der Waals surface area contributed by atoms with E-state index in [2.05, 4.69) is 0 Å². The van der Waals surface area contributed by atoms with Crippen LogP contribution in [0.4, 0.5) is 4.79 Å². The van der Waals surface area contributed by atoms with Crippen LogP contribution in [0.25, 0.3) is 0 Å². The van der Waals surface area contributed by atoms with E-state index in [0.29, 0.717) is 26.2 Å². The van der Waals surface area contributed by atoms with Gasteiger partial charge in [-0.15, -0.1) is 0 Å². The summed E-state index contributed by atoms with van der Waals surface area (Å²) in [4.78, 5) is 39.0. The minimum absolute atomic E-state index is 0.0305. The number of nitrogens with zero attached hydrogens (tertiary/aromatic N) is 3. The number of piperazine rings is 1. The van der Waals surface area contributed by atoms with Gasteiger partial charge < -0.3 is 24.9 Å². The second kappa shape index (κ2) is 5.66. The molecular formula is C12H19N3O5. The molecule has 3 amide bonds. The van der Waals surface area contributed by atoms with Gasteiger partial charge in [-0.05, 0) is 0 Å². The molecule has 2 atom stereocenters. The molecule has 8 heteroatoms. The van der Waals surface area contributed by atoms with Crippen LogP contribution in [0.15, 0.2) is 0 Å². The minimum atomic E-state index is -1.10. The number of carboxylic acids is 1. The summed E-state index contributed by atoms with van der Waals surface area (Å²) in [6.07, 6.45) is -0.729. The van der Waals surface area contributed by atoms with Crippen molar-refractivity contribution < 1.29 is 24.6 Å². The van der Waals surface area contributed by atoms with Crippen molar-refractivity contribution in [1.82, 2.24) is 14.7 Å². The van der Waals surface area contributed by atoms with Gasteiger partial charge in [-0.1, -0.05) is 0 Å². The first kappa shape index (κ1) is 14.6. The Morgan fingerprint density at radius 3 is 2.10 bits per heavy atom. The number of rotatable bonds is 1. The van der Waals surface area contributed by atoms with Crippen molar-refractivity contribution in [2.45, 2.75) is 25.5 Å². The van der Waals surface area contributed by atoms with Gasteiger partial charge >= 0.3 is 12.0 Å². The number of carboxylic acid groups (broad SMARTS) is 1. The van der Waals surface area contributed by atoms with E-state index >= 15 is 0 Å². The summed E-state index contributed by atoms with van der Waals surface area (Å²) < 4.78 is 0. The highest BCUT2D eigenvalue weighted by atomic mass is 16.4. The molecule has 0 aromatic heterocycles. The van der Waals surface area contributed by atoms with Crippen molar-refractivity contribution in [3.8, 4) is 0 Å². The highest BCUT2D eigenvalue weighted by Crippen LogP contribution is 2.20. The Bertz CT molecular complexity index is 419. The maximum Gasteiger partial charge on any atom is 0.326 e. The molecule has 2 rings (SSSR count). The average molecular weight is 285 g/mol. The molecule has 2 aliphatic heterocycles. The second-order valence-corrected chi connectivity index (χ2v) is 5.17. The van der Waals surface area contributed by atoms with E-state index in [4.69, 9.17) is 5.11 Å². The summed E-state index contributed by atoms with van der Waals surface area (Å²) in [6, 6.07) is -1.35. The van der Waals surface area contributed by atoms with Gasteiger partial charge in [0.1, 0.15) is 6.04 Å². The van der Waals surface area contributed by atoms with E-state index in [9.17, 15) is 19.5 Å². The van der Waals surface area contributed by atoms with Crippen molar-refractivity contribution >= 4 is 17.9 Å². The molecule has 0 saturated carbocycles. The number of aliphatic hydroxyl groups excluding tert-OH is 1. The zero-order chi connectivity index (χ0) is 14.9. The van der Waals surface area contributed by atoms with Crippen LogP contribution in [0, 0.1) is 0 Å². The van der Waals surface area contributed by atoms with Crippen LogP contribution in [0.5, 0.6) is 0 Å². The third-order valence-corrected chi connectivity index (χ3v) is 3.81. The number of β-amino-alcohol motifs (C(OH)–C–C–N with tert-alkyl or cyclic N) is 1. The number of urea groups is 1. The summed E-state index contributed by atoms with van der Waals surface area (Å²) >= 11 is 0. The first-order valence-electron chi connectivity index (χ1n) is 6.62. The highest BCUT2D eigenvalue weighted by molar-refractivity contribution is 5.83. The molecule has 0 radical (unpaired) electrons. The molecule has 2 fully saturated rings. The molecule has 0 bridgehead atoms. The Labute approximate surface area is 116 Å². The van der Waals surface area contributed by atoms with E-state index in [-0.39, 0.29) is 24.9 Å². The van der Waals surface area contributed by atoms with Gasteiger partial charge in [0.2, 0.25) is 5.91 Å². The quantitative estimate of drug-likeness (QED) is 0.629. The highest BCUT2D eigenvalue weighted by Gasteiger charge is 2.41. The lowest BCUT2D eigenvalue weighted by Gasteiger charge is -2.37. The Morgan fingerprint density at radius 1 is 1.05 bits per heavy atom. The number of aliphatic hydroxyl groups is 1. The zero-order valence-electron chi connectivity index (χ0n) is 11.4. The van der Waals surface area contributed by atoms with Gasteiger partial charge in [0.15, 0.2) is 0 Å². The van der Waals surface area contributed by atoms with Crippen LogP contribution >= 0.6 is 0 Å². The van der Waals surface area contributed by atoms with Crippen molar-refractivity contribution in [3.05, 3.63) is 0 Å². The number of carbonyl (C=O) groups is 3. The lowest BCUT2D eigenvalue weighted by atomic mass is 10.2. The maximum atomic E-state index is 12.3. The van der Waals surface area contributed by atoms with Crippen LogP contribution < -0.4 is 0 Å². The number of carbonyl (C=O) groups excluding carboxylic acids is 2. The lowest BCUT2D eigenvalue weighted by molar-refractivity contribution is -0.141. The van der Waals surface area contributed by atoms with Gasteiger partial charge in [0.25, 0.3) is 0 Å². The van der Waals surface area contributed by atoms with Gasteiger partial charge in [-0.2, -0.15) is 0 Å². The molecular weight excluding hydrogens is 266 g/mol. The number of likely N-dealkylation sites (tertiary alicyclic amines) is 1. The van der Waals surface area contributed by atoms with E-state index in [1.807, 2.05) is 0 Å². The topological polar surface area (TPSA) is 101 Å². The first-order chi connectivity index (χ1) is 9.40. The largest absolute Gasteiger partial charge is 0.480 e. The number of amides is 3. The smallest absolute Gasteiger partial charge is 0.326 e. The van der Waals surface area contributed by atoms with Crippen LogP contribution in [0.1, 0.15) is 13.3 Å². The van der Waals surface area contributed by atoms with Crippen LogP contribution in [0.3, 0.4) is 0 Å². The fourth-order valence-corrected chi connectivity index (χ4v) is 2.65. The molecule has 20 heavy (non-hydrogen) atoms. The molecule has 2 saturated heterocycles. The molecule has 0 aromatic carbocycles. The molecule has 2 aliphatic rings. The standard InChI is InChI=1S/C12H19N3O5/c1-8(16)13-2-4-14(5-3-13)12(20)15-7-9(17)6-10(15)11(18)19/h9-10,17H,2-7H2,1H3,(H,18,19)/t9-,10-/m0/s1. The Morgan fingerprint density at radius 2 is 1.60 bits per heavy atom. The molecule has 2 N–H and O–H groups in total. The summed E-state index contributed by atoms with van der Waals surface area (Å²) in [5.74, 6) is -1.13. The molecule has 0 unspecified atom stereocenters. The summed E-state index contributed by atoms with van der Waals surface area (Å²) in [6.45, 7) is 3.20. The molecule has 112 valence electrons. The fourth-order valence-electron chi connectivity index (χ4n) is 2.65. The van der Waals surface area contributed by atoms with E-state index in [1.165, 1.54) is 16.7 Å². The lowest BCUT2D eigenvalue weighted by Crippen LogP contribution is -2.55. The third kappa shape index (κ3) is 2.84. The van der Waals surface area contributed by atoms with Gasteiger partial charge in [-0.25, -0.2) is 9.59 Å². The van der Waals surface area contributed by atoms with E-state index in [1.54, 1.807) is 4.90 Å². The molecule has 0 spiro atoms. The molecule has 0 aliphatic carbocycles. The maximum absolute atomic E-state index is 12.3. The van der Waals surface area contributed by atoms with Gasteiger partial charge in [0, 0.05) is 46.1 Å². The van der Waals surface area contributed by atoms with Gasteiger partial charge in [-0.3, -0.25) is 4.79 Å². The second-order valence-electron chi connectivity index (χ2n) is 5.17. The minimum Gasteiger partial charge on any atom is -0.480 e. The molecule has 8 nitrogen and oxygen atoms in total. The summed E-state index contributed by atoms with van der Waals surface area (Å²) in [5.41, 5.74) is 0. The number of hydrogen-bond acceptors (Lipinski definition) is 4. The predicted octanol–water partition coefficient (Wildman–Crippen LogP) is -1.21. The van der Waals surface area contributed by atoms with E-state index in [0.717, 1.165) is 0 Å². The zero-order valence-corrected chi connectivity index (χ0v) is 11.4. The van der Waals surface area contributed by atoms with Crippen molar-refractivity contribution in [1.29, 1.82) is 0 Å². The number of aliphatic carboxylic acids is 1. The first-order valence-corrected chi connectivity index (χ1v) is 6.62. The van der Waals surface area contributed by atoms with Crippen LogP contribution in [-0.4, -0.2) is 87.7 Å². The molecule has 0 aromatic rings. The predicted molar refractivity (Wildman–Crippen MR) is 68.0 cm³/mol. The Balaban J connectivity index is 1.98. The summed E-state index contributed by atoms with van der Waals surface area (Å²) in [5, 5.41) is 18.6. The monoisotopic (exact) mass is 285 g/mol. The van der Waals surface area contributed by atoms with Crippen molar-refractivity contribution in [3.63, 3.8) is 0 Å². The van der Waals surface area contributed by atoms with Crippen LogP contribution in [-0.2, 0) is 9.59 Å². The van der Waals surface area contributed by atoms with E-state index < -0.39 is 18.1 Å². The SMILES string of the molecule is CC(=O)N1CCN(C(=O)N2C[C@@H](O)C[C@H]2C(=O)O)CC1. The fraction of sp³-hybridized carbons (Fsp3) is 0.750. The average Bonchev–Trinajstić information content (AvgIpc) is 2.80. The molecule has 2 heterocycles. The van der Waals surface area contributed by atoms with Crippen molar-refractivity contribution in [2.24, 2.45) is 0 Å². The van der Waals surface area contributed by atoms with Crippen LogP contribution in [0.2, 0.25) is 0 Å². The third-order valence-electron chi connectivity index (χ3n) is 3.81. The Hall–Kier alpha value is -1.83. The van der Waals surface area contributed by atoms with Gasteiger partial charge in [0.05, 0.1) is 6.10 Å². The number of hydrogen-bond donors (Lipinski definition) is 2. The Kier molecular flexibility index (Phi) is 4.12.